The van der Waals surface area contributed by atoms with Crippen LogP contribution in [0.4, 0.5) is 0 Å². The highest BCUT2D eigenvalue weighted by Gasteiger charge is 2.28. The molecule has 1 aliphatic rings. The molecule has 0 saturated carbocycles. The van der Waals surface area contributed by atoms with Crippen LogP contribution in [0.5, 0.6) is 0 Å². The van der Waals surface area contributed by atoms with Gasteiger partial charge in [-0.1, -0.05) is 13.8 Å². The lowest BCUT2D eigenvalue weighted by Crippen LogP contribution is -2.20. The minimum atomic E-state index is 0.425. The van der Waals surface area contributed by atoms with Crippen LogP contribution in [0.15, 0.2) is 0 Å². The molecule has 98 valence electrons. The van der Waals surface area contributed by atoms with E-state index in [-0.39, 0.29) is 0 Å². The third kappa shape index (κ3) is 2.28. The number of nitrogens with two attached hydrogens (primary N) is 1. The monoisotopic (exact) mass is 246 g/mol. The highest BCUT2D eigenvalue weighted by atomic mass is 15.3. The third-order valence-corrected chi connectivity index (χ3v) is 3.77. The average Bonchev–Trinajstić information content (AvgIpc) is 2.75. The maximum Gasteiger partial charge on any atom is 0.0688 e. The second-order valence-corrected chi connectivity index (χ2v) is 5.36. The van der Waals surface area contributed by atoms with Gasteiger partial charge in [0.05, 0.1) is 24.7 Å². The van der Waals surface area contributed by atoms with Gasteiger partial charge < -0.3 is 5.73 Å². The number of rotatable bonds is 4. The molecule has 1 heterocycles. The van der Waals surface area contributed by atoms with Crippen LogP contribution in [0.2, 0.25) is 0 Å². The highest BCUT2D eigenvalue weighted by Crippen LogP contribution is 2.36. The van der Waals surface area contributed by atoms with Crippen molar-refractivity contribution in [2.24, 2.45) is 5.73 Å². The minimum Gasteiger partial charge on any atom is -0.330 e. The van der Waals surface area contributed by atoms with Crippen LogP contribution in [0.3, 0.4) is 0 Å². The fourth-order valence-corrected chi connectivity index (χ4v) is 2.90. The first-order valence-electron chi connectivity index (χ1n) is 6.85. The number of hydrogen-bond donors (Lipinski definition) is 1. The van der Waals surface area contributed by atoms with Crippen LogP contribution in [0.1, 0.15) is 61.9 Å². The molecule has 0 aromatic carbocycles. The quantitative estimate of drug-likeness (QED) is 0.886. The Bertz CT molecular complexity index is 453. The van der Waals surface area contributed by atoms with Crippen LogP contribution in [-0.4, -0.2) is 16.3 Å². The van der Waals surface area contributed by atoms with Gasteiger partial charge in [-0.3, -0.25) is 4.68 Å². The Labute approximate surface area is 109 Å². The standard InChI is InChI=1S/C14H22N4/c1-10(2)14-13-11(9-16)5-3-6-12(13)18(17-14)8-4-7-15/h10-11H,3-6,8-9,16H2,1-2H3. The van der Waals surface area contributed by atoms with Crippen LogP contribution in [0.25, 0.3) is 0 Å². The van der Waals surface area contributed by atoms with E-state index >= 15 is 0 Å². The van der Waals surface area contributed by atoms with Crippen LogP contribution in [0, 0.1) is 11.3 Å². The van der Waals surface area contributed by atoms with E-state index in [1.807, 2.05) is 0 Å². The number of nitrogens with zero attached hydrogens (tertiary/aromatic N) is 3. The zero-order valence-corrected chi connectivity index (χ0v) is 11.3. The summed E-state index contributed by atoms with van der Waals surface area (Å²) in [4.78, 5) is 0. The Kier molecular flexibility index (Phi) is 4.03. The van der Waals surface area contributed by atoms with Crippen LogP contribution >= 0.6 is 0 Å². The molecule has 0 aliphatic heterocycles. The average molecular weight is 246 g/mol. The van der Waals surface area contributed by atoms with Crippen molar-refractivity contribution in [2.45, 2.75) is 57.9 Å². The molecule has 1 unspecified atom stereocenters. The predicted molar refractivity (Wildman–Crippen MR) is 71.3 cm³/mol. The Morgan fingerprint density at radius 3 is 2.94 bits per heavy atom. The second-order valence-electron chi connectivity index (χ2n) is 5.36. The predicted octanol–water partition coefficient (Wildman–Crippen LogP) is 2.30. The molecule has 0 saturated heterocycles. The summed E-state index contributed by atoms with van der Waals surface area (Å²) < 4.78 is 2.05. The molecular weight excluding hydrogens is 224 g/mol. The molecule has 4 nitrogen and oxygen atoms in total. The molecule has 0 bridgehead atoms. The first-order chi connectivity index (χ1) is 8.69. The van der Waals surface area contributed by atoms with Gasteiger partial charge in [0.15, 0.2) is 0 Å². The zero-order chi connectivity index (χ0) is 13.1. The van der Waals surface area contributed by atoms with Gasteiger partial charge in [0.2, 0.25) is 0 Å². The molecule has 0 amide bonds. The lowest BCUT2D eigenvalue weighted by molar-refractivity contribution is 0.520. The fourth-order valence-electron chi connectivity index (χ4n) is 2.90. The summed E-state index contributed by atoms with van der Waals surface area (Å²) in [6.45, 7) is 5.78. The van der Waals surface area contributed by atoms with E-state index < -0.39 is 0 Å². The highest BCUT2D eigenvalue weighted by molar-refractivity contribution is 5.34. The molecule has 1 aromatic rings. The number of aryl methyl sites for hydroxylation is 1. The zero-order valence-electron chi connectivity index (χ0n) is 11.3. The maximum absolute atomic E-state index is 8.73. The van der Waals surface area contributed by atoms with E-state index in [1.54, 1.807) is 0 Å². The summed E-state index contributed by atoms with van der Waals surface area (Å²) in [6, 6.07) is 2.20. The molecule has 4 heteroatoms. The summed E-state index contributed by atoms with van der Waals surface area (Å²) in [6.07, 6.45) is 3.97. The fraction of sp³-hybridized carbons (Fsp3) is 0.714. The summed E-state index contributed by atoms with van der Waals surface area (Å²) >= 11 is 0. The van der Waals surface area contributed by atoms with E-state index in [9.17, 15) is 0 Å². The number of fused-ring (bicyclic) bond motifs is 1. The van der Waals surface area contributed by atoms with E-state index in [4.69, 9.17) is 16.1 Å². The molecule has 0 fully saturated rings. The van der Waals surface area contributed by atoms with Gasteiger partial charge in [-0.05, 0) is 37.6 Å². The summed E-state index contributed by atoms with van der Waals surface area (Å²) in [5.41, 5.74) is 9.81. The van der Waals surface area contributed by atoms with Gasteiger partial charge in [0, 0.05) is 11.3 Å². The van der Waals surface area contributed by atoms with Crippen LogP contribution in [-0.2, 0) is 13.0 Å². The van der Waals surface area contributed by atoms with Crippen molar-refractivity contribution in [3.8, 4) is 6.07 Å². The molecule has 0 spiro atoms. The third-order valence-electron chi connectivity index (χ3n) is 3.77. The van der Waals surface area contributed by atoms with Gasteiger partial charge in [-0.2, -0.15) is 10.4 Å². The Hall–Kier alpha value is -1.34. The summed E-state index contributed by atoms with van der Waals surface area (Å²) in [5.74, 6) is 0.885. The number of hydrogen-bond acceptors (Lipinski definition) is 3. The molecule has 0 radical (unpaired) electrons. The van der Waals surface area contributed by atoms with Gasteiger partial charge in [-0.15, -0.1) is 0 Å². The van der Waals surface area contributed by atoms with Crippen LogP contribution < -0.4 is 5.73 Å². The maximum atomic E-state index is 8.73. The first kappa shape index (κ1) is 13.1. The largest absolute Gasteiger partial charge is 0.330 e. The van der Waals surface area contributed by atoms with E-state index in [1.165, 1.54) is 29.8 Å². The smallest absolute Gasteiger partial charge is 0.0688 e. The van der Waals surface area contributed by atoms with Crippen molar-refractivity contribution >= 4 is 0 Å². The molecule has 2 N–H and O–H groups in total. The molecule has 1 aliphatic carbocycles. The topological polar surface area (TPSA) is 67.6 Å². The van der Waals surface area contributed by atoms with Gasteiger partial charge in [-0.25, -0.2) is 0 Å². The lowest BCUT2D eigenvalue weighted by Gasteiger charge is -2.23. The molecule has 2 rings (SSSR count). The van der Waals surface area contributed by atoms with E-state index in [0.717, 1.165) is 6.42 Å². The Morgan fingerprint density at radius 2 is 2.33 bits per heavy atom. The van der Waals surface area contributed by atoms with Gasteiger partial charge >= 0.3 is 0 Å². The summed E-state index contributed by atoms with van der Waals surface area (Å²) in [7, 11) is 0. The van der Waals surface area contributed by atoms with Gasteiger partial charge in [0.25, 0.3) is 0 Å². The second kappa shape index (κ2) is 5.53. The molecule has 1 atom stereocenters. The minimum absolute atomic E-state index is 0.425. The van der Waals surface area contributed by atoms with Crippen molar-refractivity contribution in [1.29, 1.82) is 5.26 Å². The normalized spacial score (nSPS) is 18.7. The van der Waals surface area contributed by atoms with Crippen molar-refractivity contribution in [2.75, 3.05) is 6.54 Å². The molecule has 18 heavy (non-hydrogen) atoms. The van der Waals surface area contributed by atoms with E-state index in [2.05, 4.69) is 24.6 Å². The van der Waals surface area contributed by atoms with Crippen molar-refractivity contribution in [1.82, 2.24) is 9.78 Å². The van der Waals surface area contributed by atoms with Gasteiger partial charge in [0.1, 0.15) is 0 Å². The summed E-state index contributed by atoms with van der Waals surface area (Å²) in [5, 5.41) is 13.5. The lowest BCUT2D eigenvalue weighted by atomic mass is 9.83. The number of aromatic nitrogens is 2. The SMILES string of the molecule is CC(C)c1nn(CCC#N)c2c1C(CN)CCC2. The first-order valence-corrected chi connectivity index (χ1v) is 6.85. The van der Waals surface area contributed by atoms with Crippen molar-refractivity contribution < 1.29 is 0 Å². The Balaban J connectivity index is 2.43. The molecule has 1 aromatic heterocycles. The van der Waals surface area contributed by atoms with E-state index in [0.29, 0.717) is 31.3 Å². The van der Waals surface area contributed by atoms with Crippen molar-refractivity contribution in [3.63, 3.8) is 0 Å². The molecular formula is C14H22N4. The van der Waals surface area contributed by atoms with Crippen molar-refractivity contribution in [3.05, 3.63) is 17.0 Å². The number of nitriles is 1. The Morgan fingerprint density at radius 1 is 1.56 bits per heavy atom.